The molecule has 0 radical (unpaired) electrons. The summed E-state index contributed by atoms with van der Waals surface area (Å²) in [4.78, 5) is 21.8. The van der Waals surface area contributed by atoms with E-state index in [2.05, 4.69) is 30.0 Å². The number of piperazine rings is 1. The van der Waals surface area contributed by atoms with Gasteiger partial charge in [-0.1, -0.05) is 24.3 Å². The first-order valence-corrected chi connectivity index (χ1v) is 12.1. The van der Waals surface area contributed by atoms with Crippen molar-refractivity contribution >= 4 is 11.7 Å². The third-order valence-corrected chi connectivity index (χ3v) is 6.77. The smallest absolute Gasteiger partial charge is 0.225 e. The highest BCUT2D eigenvalue weighted by atomic mass is 16.5. The van der Waals surface area contributed by atoms with E-state index in [1.165, 1.54) is 5.56 Å². The van der Waals surface area contributed by atoms with Gasteiger partial charge >= 0.3 is 0 Å². The molecule has 34 heavy (non-hydrogen) atoms. The lowest BCUT2D eigenvalue weighted by Gasteiger charge is -2.41. The number of nitrogens with zero attached hydrogens (tertiary/aromatic N) is 4. The molecule has 2 aliphatic rings. The van der Waals surface area contributed by atoms with Crippen LogP contribution in [0.2, 0.25) is 0 Å². The first-order chi connectivity index (χ1) is 16.6. The lowest BCUT2D eigenvalue weighted by Crippen LogP contribution is -2.54. The Kier molecular flexibility index (Phi) is 7.81. The number of carbonyl (C=O) groups excluding carboxylic acids is 1. The first kappa shape index (κ1) is 24.2. The Labute approximate surface area is 202 Å². The Morgan fingerprint density at radius 3 is 2.59 bits per heavy atom. The van der Waals surface area contributed by atoms with E-state index in [0.717, 1.165) is 41.9 Å². The second-order valence-corrected chi connectivity index (χ2v) is 9.20. The third kappa shape index (κ3) is 5.24. The summed E-state index contributed by atoms with van der Waals surface area (Å²) in [6, 6.07) is 12.8. The number of aromatic nitrogens is 1. The van der Waals surface area contributed by atoms with E-state index in [4.69, 9.17) is 14.5 Å². The normalized spacial score (nSPS) is 18.1. The average molecular weight is 463 g/mol. The number of pyridine rings is 1. The van der Waals surface area contributed by atoms with Crippen molar-refractivity contribution in [2.24, 2.45) is 0 Å². The molecule has 0 unspecified atom stereocenters. The monoisotopic (exact) mass is 462 g/mol. The maximum atomic E-state index is 12.5. The number of ether oxygens (including phenoxy) is 2. The van der Waals surface area contributed by atoms with Crippen molar-refractivity contribution < 1.29 is 14.3 Å². The molecule has 1 aliphatic heterocycles. The highest BCUT2D eigenvalue weighted by molar-refractivity contribution is 5.77. The zero-order chi connectivity index (χ0) is 24.1. The zero-order valence-corrected chi connectivity index (χ0v) is 20.4. The SMILES string of the molecule is COCCC(=O)N1CCN(c2nc(C3CC3)c(-c3ccccc3CCOC)cc2C#N)C[C@H]1C. The van der Waals surface area contributed by atoms with Gasteiger partial charge in [0, 0.05) is 51.4 Å². The fourth-order valence-corrected chi connectivity index (χ4v) is 4.79. The molecule has 1 aliphatic carbocycles. The van der Waals surface area contributed by atoms with Crippen molar-refractivity contribution in [1.29, 1.82) is 5.26 Å². The van der Waals surface area contributed by atoms with E-state index in [9.17, 15) is 10.1 Å². The molecule has 7 nitrogen and oxygen atoms in total. The number of benzene rings is 1. The van der Waals surface area contributed by atoms with Gasteiger partial charge in [0.25, 0.3) is 0 Å². The number of carbonyl (C=O) groups is 1. The van der Waals surface area contributed by atoms with Crippen LogP contribution in [0.15, 0.2) is 30.3 Å². The van der Waals surface area contributed by atoms with E-state index in [1.807, 2.05) is 23.1 Å². The van der Waals surface area contributed by atoms with Gasteiger partial charge in [-0.15, -0.1) is 0 Å². The van der Waals surface area contributed by atoms with Crippen LogP contribution in [-0.2, 0) is 20.7 Å². The Balaban J connectivity index is 1.65. The fourth-order valence-electron chi connectivity index (χ4n) is 4.79. The Bertz CT molecular complexity index is 1060. The van der Waals surface area contributed by atoms with Gasteiger partial charge < -0.3 is 19.3 Å². The van der Waals surface area contributed by atoms with Gasteiger partial charge in [-0.2, -0.15) is 5.26 Å². The molecule has 2 heterocycles. The number of hydrogen-bond donors (Lipinski definition) is 0. The summed E-state index contributed by atoms with van der Waals surface area (Å²) in [5, 5.41) is 10.1. The molecule has 1 atom stereocenters. The largest absolute Gasteiger partial charge is 0.384 e. The molecule has 4 rings (SSSR count). The van der Waals surface area contributed by atoms with E-state index in [-0.39, 0.29) is 11.9 Å². The van der Waals surface area contributed by atoms with Gasteiger partial charge in [0.1, 0.15) is 11.9 Å². The summed E-state index contributed by atoms with van der Waals surface area (Å²) in [5.41, 5.74) is 5.09. The molecule has 1 aromatic heterocycles. The van der Waals surface area contributed by atoms with E-state index < -0.39 is 0 Å². The van der Waals surface area contributed by atoms with Crippen LogP contribution in [0.25, 0.3) is 11.1 Å². The van der Waals surface area contributed by atoms with E-state index in [0.29, 0.717) is 50.8 Å². The van der Waals surface area contributed by atoms with Gasteiger partial charge in [0.15, 0.2) is 0 Å². The highest BCUT2D eigenvalue weighted by Crippen LogP contribution is 2.45. The summed E-state index contributed by atoms with van der Waals surface area (Å²) in [6.45, 7) is 5.09. The number of amides is 1. The number of methoxy groups -OCH3 is 2. The fraction of sp³-hybridized carbons (Fsp3) is 0.519. The lowest BCUT2D eigenvalue weighted by atomic mass is 9.94. The molecule has 1 amide bonds. The molecule has 7 heteroatoms. The molecule has 2 aromatic rings. The Morgan fingerprint density at radius 1 is 1.15 bits per heavy atom. The van der Waals surface area contributed by atoms with Crippen LogP contribution in [-0.4, -0.2) is 68.9 Å². The van der Waals surface area contributed by atoms with Crippen LogP contribution < -0.4 is 4.90 Å². The Morgan fingerprint density at radius 2 is 1.91 bits per heavy atom. The maximum Gasteiger partial charge on any atom is 0.225 e. The van der Waals surface area contributed by atoms with Gasteiger partial charge in [-0.3, -0.25) is 4.79 Å². The quantitative estimate of drug-likeness (QED) is 0.565. The van der Waals surface area contributed by atoms with E-state index in [1.54, 1.807) is 14.2 Å². The predicted octanol–water partition coefficient (Wildman–Crippen LogP) is 3.76. The van der Waals surface area contributed by atoms with Gasteiger partial charge in [-0.25, -0.2) is 4.98 Å². The molecule has 0 spiro atoms. The second-order valence-electron chi connectivity index (χ2n) is 9.20. The standard InChI is InChI=1S/C27H34N4O3/c1-19-18-30(12-13-31(19)25(32)11-15-34-3)27-22(17-28)16-24(26(29-27)21-8-9-21)23-7-5-4-6-20(23)10-14-33-2/h4-7,16,19,21H,8-15,18H2,1-3H3/t19-/m1/s1. The number of hydrogen-bond acceptors (Lipinski definition) is 6. The van der Waals surface area contributed by atoms with Crippen LogP contribution in [0, 0.1) is 11.3 Å². The molecular weight excluding hydrogens is 428 g/mol. The number of nitriles is 1. The lowest BCUT2D eigenvalue weighted by molar-refractivity contribution is -0.134. The topological polar surface area (TPSA) is 78.7 Å². The molecular formula is C27H34N4O3. The van der Waals surface area contributed by atoms with Gasteiger partial charge in [0.2, 0.25) is 5.91 Å². The van der Waals surface area contributed by atoms with Crippen LogP contribution >= 0.6 is 0 Å². The van der Waals surface area contributed by atoms with E-state index >= 15 is 0 Å². The molecule has 1 saturated heterocycles. The zero-order valence-electron chi connectivity index (χ0n) is 20.4. The summed E-state index contributed by atoms with van der Waals surface area (Å²) in [6.07, 6.45) is 3.47. The summed E-state index contributed by atoms with van der Waals surface area (Å²) in [7, 11) is 3.33. The number of anilines is 1. The van der Waals surface area contributed by atoms with Gasteiger partial charge in [0.05, 0.1) is 30.9 Å². The number of rotatable bonds is 9. The molecule has 1 aromatic carbocycles. The van der Waals surface area contributed by atoms with Crippen molar-refractivity contribution in [1.82, 2.24) is 9.88 Å². The predicted molar refractivity (Wildman–Crippen MR) is 132 cm³/mol. The maximum absolute atomic E-state index is 12.5. The molecule has 180 valence electrons. The van der Waals surface area contributed by atoms with Crippen molar-refractivity contribution in [3.05, 3.63) is 47.2 Å². The van der Waals surface area contributed by atoms with Crippen molar-refractivity contribution in [2.45, 2.75) is 44.6 Å². The molecule has 2 fully saturated rings. The second kappa shape index (κ2) is 11.0. The summed E-state index contributed by atoms with van der Waals surface area (Å²) >= 11 is 0. The highest BCUT2D eigenvalue weighted by Gasteiger charge is 2.33. The van der Waals surface area contributed by atoms with Crippen molar-refractivity contribution in [3.8, 4) is 17.2 Å². The first-order valence-electron chi connectivity index (χ1n) is 12.1. The summed E-state index contributed by atoms with van der Waals surface area (Å²) < 4.78 is 10.4. The average Bonchev–Trinajstić information content (AvgIpc) is 3.71. The van der Waals surface area contributed by atoms with Crippen LogP contribution in [0.5, 0.6) is 0 Å². The van der Waals surface area contributed by atoms with Gasteiger partial charge in [-0.05, 0) is 43.4 Å². The minimum Gasteiger partial charge on any atom is -0.384 e. The van der Waals surface area contributed by atoms with Crippen LogP contribution in [0.3, 0.4) is 0 Å². The minimum atomic E-state index is 0.0465. The molecule has 0 N–H and O–H groups in total. The molecule has 1 saturated carbocycles. The minimum absolute atomic E-state index is 0.0465. The summed E-state index contributed by atoms with van der Waals surface area (Å²) in [5.74, 6) is 1.30. The Hall–Kier alpha value is -2.95. The van der Waals surface area contributed by atoms with Crippen molar-refractivity contribution in [3.63, 3.8) is 0 Å². The van der Waals surface area contributed by atoms with Crippen LogP contribution in [0.1, 0.15) is 48.9 Å². The molecule has 0 bridgehead atoms. The van der Waals surface area contributed by atoms with Crippen molar-refractivity contribution in [2.75, 3.05) is 52.0 Å². The van der Waals surface area contributed by atoms with Crippen LogP contribution in [0.4, 0.5) is 5.82 Å². The third-order valence-electron chi connectivity index (χ3n) is 6.77.